The fourth-order valence-electron chi connectivity index (χ4n) is 9.72. The molecule has 0 unspecified atom stereocenters. The van der Waals surface area contributed by atoms with Gasteiger partial charge in [-0.05, 0) is 99.9 Å². The highest BCUT2D eigenvalue weighted by atomic mass is 35.5. The van der Waals surface area contributed by atoms with Crippen LogP contribution in [0.4, 0.5) is 0 Å². The molecule has 1 saturated carbocycles. The summed E-state index contributed by atoms with van der Waals surface area (Å²) in [5.74, 6) is -1.25. The molecule has 404 valence electrons. The van der Waals surface area contributed by atoms with E-state index in [2.05, 4.69) is 31.9 Å². The summed E-state index contributed by atoms with van der Waals surface area (Å²) in [7, 11) is 3.39. The quantitative estimate of drug-likeness (QED) is 0.0845. The van der Waals surface area contributed by atoms with Crippen molar-refractivity contribution in [1.29, 1.82) is 0 Å². The highest BCUT2D eigenvalue weighted by Gasteiger charge is 2.44. The van der Waals surface area contributed by atoms with Gasteiger partial charge in [-0.15, -0.1) is 24.8 Å². The van der Waals surface area contributed by atoms with Crippen LogP contribution < -0.4 is 31.9 Å². The van der Waals surface area contributed by atoms with E-state index in [9.17, 15) is 28.8 Å². The number of nitrogens with zero attached hydrogens (tertiary/aromatic N) is 2. The second-order valence-corrected chi connectivity index (χ2v) is 21.9. The Kier molecular flexibility index (Phi) is 24.9. The van der Waals surface area contributed by atoms with Crippen LogP contribution in [-0.4, -0.2) is 128 Å². The van der Waals surface area contributed by atoms with Crippen molar-refractivity contribution >= 4 is 60.3 Å². The van der Waals surface area contributed by atoms with E-state index >= 15 is 0 Å². The lowest BCUT2D eigenvalue weighted by atomic mass is 9.84. The van der Waals surface area contributed by atoms with Gasteiger partial charge >= 0.3 is 0 Å². The molecule has 3 aliphatic rings. The lowest BCUT2D eigenvalue weighted by molar-refractivity contribution is -0.144. The van der Waals surface area contributed by atoms with Gasteiger partial charge in [0.15, 0.2) is 0 Å². The normalized spacial score (nSPS) is 19.9. The van der Waals surface area contributed by atoms with Gasteiger partial charge in [-0.1, -0.05) is 115 Å². The van der Waals surface area contributed by atoms with Crippen LogP contribution in [0.3, 0.4) is 0 Å². The molecule has 2 heterocycles. The molecule has 0 spiro atoms. The lowest BCUT2D eigenvalue weighted by Gasteiger charge is -2.37. The molecule has 0 bridgehead atoms. The standard InChI is InChI=1S/C54H84N8O8.2ClH/c1-35(55-9)47(63)59-45(53(3,4)5)51(67)61-28-18-26-43(61)49(65)57-41(39-22-13-11-14-23-39)33-69-31-37-20-17-21-38(30-37)32-70-34-42(40-24-15-12-16-25-40)58-50(66)44-27-19-29-62(44)52(68)46(54(6,7)8)60-48(64)36(2)56-10;;/h11,13-14,17,20-23,30,35-36,40-46,55-56H,12,15-16,18-19,24-29,31-34H2,1-10H3,(H,57,65)(H,58,66)(H,59,63)(H,60,64);2*1H/t35-,36-,41+,42+,43-,44-,45+,46+;;/m0../s1. The maximum absolute atomic E-state index is 14.1. The molecule has 72 heavy (non-hydrogen) atoms. The van der Waals surface area contributed by atoms with Crippen LogP contribution in [0.25, 0.3) is 0 Å². The lowest BCUT2D eigenvalue weighted by Crippen LogP contribution is -2.60. The van der Waals surface area contributed by atoms with Gasteiger partial charge in [-0.2, -0.15) is 0 Å². The summed E-state index contributed by atoms with van der Waals surface area (Å²) in [6.07, 6.45) is 7.77. The number of ether oxygens (including phenoxy) is 2. The van der Waals surface area contributed by atoms with Gasteiger partial charge in [0.05, 0.1) is 50.6 Å². The van der Waals surface area contributed by atoms with Crippen molar-refractivity contribution in [3.63, 3.8) is 0 Å². The molecule has 0 radical (unpaired) electrons. The number of hydrogen-bond acceptors (Lipinski definition) is 10. The number of rotatable bonds is 22. The molecule has 6 N–H and O–H groups in total. The zero-order valence-corrected chi connectivity index (χ0v) is 46.1. The Morgan fingerprint density at radius 3 is 1.50 bits per heavy atom. The molecular weight excluding hydrogens is 960 g/mol. The van der Waals surface area contributed by atoms with E-state index in [-0.39, 0.29) is 85.4 Å². The van der Waals surface area contributed by atoms with Crippen LogP contribution in [0.1, 0.15) is 136 Å². The fourth-order valence-corrected chi connectivity index (χ4v) is 9.72. The molecular formula is C54H86Cl2N8O8. The molecule has 0 aromatic heterocycles. The number of carbonyl (C=O) groups excluding carboxylic acids is 6. The third-order valence-corrected chi connectivity index (χ3v) is 14.3. The van der Waals surface area contributed by atoms with Gasteiger partial charge in [-0.3, -0.25) is 28.8 Å². The van der Waals surface area contributed by atoms with Crippen molar-refractivity contribution in [2.24, 2.45) is 16.7 Å². The highest BCUT2D eigenvalue weighted by molar-refractivity contribution is 5.95. The molecule has 5 rings (SSSR count). The summed E-state index contributed by atoms with van der Waals surface area (Å²) >= 11 is 0. The first-order chi connectivity index (χ1) is 33.2. The average molecular weight is 1050 g/mol. The molecule has 6 amide bonds. The molecule has 8 atom stereocenters. The number of amides is 6. The van der Waals surface area contributed by atoms with E-state index in [1.165, 1.54) is 6.42 Å². The Morgan fingerprint density at radius 1 is 0.583 bits per heavy atom. The Morgan fingerprint density at radius 2 is 1.04 bits per heavy atom. The first kappa shape index (κ1) is 62.0. The van der Waals surface area contributed by atoms with Crippen LogP contribution >= 0.6 is 24.8 Å². The number of likely N-dealkylation sites (N-methyl/N-ethyl adjacent to an activating group) is 2. The van der Waals surface area contributed by atoms with Crippen LogP contribution in [-0.2, 0) is 51.5 Å². The SMILES string of the molecule is CN[C@@H](C)C(=O)N[C@H](C(=O)N1CCC[C@H]1C(=O)N[C@H](COCc1cccc(COC[C@@H](NC(=O)[C@@H]2CCCN2C(=O)[C@@H](NC(=O)[C@H](C)NC)C(C)(C)C)C2CCCCC2)c1)c1ccccc1)C(C)(C)C.Cl.Cl. The van der Waals surface area contributed by atoms with E-state index in [0.717, 1.165) is 42.4 Å². The second kappa shape index (κ2) is 28.9. The molecule has 18 heteroatoms. The van der Waals surface area contributed by atoms with Crippen molar-refractivity contribution < 1.29 is 38.2 Å². The topological polar surface area (TPSA) is 200 Å². The predicted octanol–water partition coefficient (Wildman–Crippen LogP) is 5.75. The van der Waals surface area contributed by atoms with E-state index < -0.39 is 53.1 Å². The minimum atomic E-state index is -0.813. The molecule has 2 aromatic carbocycles. The van der Waals surface area contributed by atoms with Gasteiger partial charge < -0.3 is 51.2 Å². The van der Waals surface area contributed by atoms with E-state index in [1.54, 1.807) is 37.7 Å². The first-order valence-corrected chi connectivity index (χ1v) is 25.7. The van der Waals surface area contributed by atoms with Gasteiger partial charge in [0.2, 0.25) is 35.4 Å². The van der Waals surface area contributed by atoms with Crippen molar-refractivity contribution in [1.82, 2.24) is 41.7 Å². The van der Waals surface area contributed by atoms with Gasteiger partial charge in [0, 0.05) is 13.1 Å². The Balaban J connectivity index is 0.00000684. The van der Waals surface area contributed by atoms with Gasteiger partial charge in [0.1, 0.15) is 24.2 Å². The third-order valence-electron chi connectivity index (χ3n) is 14.3. The number of carbonyl (C=O) groups is 6. The molecule has 3 fully saturated rings. The number of benzene rings is 2. The Hall–Kier alpha value is -4.32. The van der Waals surface area contributed by atoms with E-state index in [0.29, 0.717) is 52.0 Å². The Bertz CT molecular complexity index is 2060. The van der Waals surface area contributed by atoms with Gasteiger partial charge in [0.25, 0.3) is 0 Å². The predicted molar refractivity (Wildman–Crippen MR) is 285 cm³/mol. The summed E-state index contributed by atoms with van der Waals surface area (Å²) < 4.78 is 12.7. The average Bonchev–Trinajstić information content (AvgIpc) is 4.05. The van der Waals surface area contributed by atoms with Crippen molar-refractivity contribution in [3.05, 3.63) is 71.3 Å². The molecule has 2 aromatic rings. The van der Waals surface area contributed by atoms with Crippen LogP contribution in [0.5, 0.6) is 0 Å². The van der Waals surface area contributed by atoms with Crippen LogP contribution in [0.2, 0.25) is 0 Å². The van der Waals surface area contributed by atoms with Gasteiger partial charge in [-0.25, -0.2) is 0 Å². The minimum absolute atomic E-state index is 0. The summed E-state index contributed by atoms with van der Waals surface area (Å²) in [5.41, 5.74) is 1.60. The Labute approximate surface area is 441 Å². The largest absolute Gasteiger partial charge is 0.375 e. The van der Waals surface area contributed by atoms with Crippen LogP contribution in [0.15, 0.2) is 54.6 Å². The number of halogens is 2. The summed E-state index contributed by atoms with van der Waals surface area (Å²) in [6.45, 7) is 17.0. The van der Waals surface area contributed by atoms with Crippen molar-refractivity contribution in [2.75, 3.05) is 40.4 Å². The highest BCUT2D eigenvalue weighted by Crippen LogP contribution is 2.30. The minimum Gasteiger partial charge on any atom is -0.375 e. The van der Waals surface area contributed by atoms with Crippen molar-refractivity contribution in [3.8, 4) is 0 Å². The number of likely N-dealkylation sites (tertiary alicyclic amines) is 2. The molecule has 2 aliphatic heterocycles. The molecule has 1 aliphatic carbocycles. The summed E-state index contributed by atoms with van der Waals surface area (Å²) in [4.78, 5) is 85.5. The fraction of sp³-hybridized carbons (Fsp3) is 0.667. The number of nitrogens with one attached hydrogen (secondary N) is 6. The van der Waals surface area contributed by atoms with E-state index in [4.69, 9.17) is 9.47 Å². The summed E-state index contributed by atoms with van der Waals surface area (Å²) in [6, 6.07) is 13.0. The molecule has 16 nitrogen and oxygen atoms in total. The monoisotopic (exact) mass is 1040 g/mol. The second-order valence-electron chi connectivity index (χ2n) is 21.9. The zero-order chi connectivity index (χ0) is 51.2. The van der Waals surface area contributed by atoms with Crippen LogP contribution in [0, 0.1) is 16.7 Å². The smallest absolute Gasteiger partial charge is 0.246 e. The summed E-state index contributed by atoms with van der Waals surface area (Å²) in [5, 5.41) is 18.3. The first-order valence-electron chi connectivity index (χ1n) is 25.7. The maximum atomic E-state index is 14.1. The number of hydrogen-bond donors (Lipinski definition) is 6. The third kappa shape index (κ3) is 17.4. The van der Waals surface area contributed by atoms with E-state index in [1.807, 2.05) is 96.1 Å². The maximum Gasteiger partial charge on any atom is 0.246 e. The van der Waals surface area contributed by atoms with Crippen molar-refractivity contribution in [2.45, 2.75) is 175 Å². The zero-order valence-electron chi connectivity index (χ0n) is 44.5. The molecule has 2 saturated heterocycles.